The number of ether oxygens (including phenoxy) is 2. The smallest absolute Gasteiger partial charge is 1.00 e. The fraction of sp³-hybridized carbons (Fsp3) is 0.347. The molecule has 2 saturated heterocycles. The zero-order valence-electron chi connectivity index (χ0n) is 57.7. The fourth-order valence-corrected chi connectivity index (χ4v) is 3.62. The van der Waals surface area contributed by atoms with E-state index >= 15 is 0 Å². The van der Waals surface area contributed by atoms with Crippen LogP contribution in [0.2, 0.25) is 0 Å². The minimum atomic E-state index is -1.61. The van der Waals surface area contributed by atoms with E-state index in [0.717, 1.165) is 26.4 Å². The van der Waals surface area contributed by atoms with Crippen molar-refractivity contribution in [3.05, 3.63) is 178 Å². The summed E-state index contributed by atoms with van der Waals surface area (Å²) in [5.41, 5.74) is -1.09. The summed E-state index contributed by atoms with van der Waals surface area (Å²) in [6.45, 7) is 5.37. The maximum atomic E-state index is 13.0. The van der Waals surface area contributed by atoms with Gasteiger partial charge in [0.05, 0.1) is 46.0 Å². The van der Waals surface area contributed by atoms with Gasteiger partial charge in [-0.1, -0.05) is 92.9 Å². The third-order valence-electron chi connectivity index (χ3n) is 6.03. The molecule has 2 heterocycles. The summed E-state index contributed by atoms with van der Waals surface area (Å²) in [4.78, 5) is 20.9. The molecule has 0 aliphatic carbocycles. The van der Waals surface area contributed by atoms with E-state index in [1.807, 2.05) is 0 Å². The number of hydrogen-bond donors (Lipinski definition) is 4. The normalized spacial score (nSPS) is 14.9. The van der Waals surface area contributed by atoms with Gasteiger partial charge in [-0.25, -0.2) is 26.7 Å². The molecule has 2 aliphatic rings. The van der Waals surface area contributed by atoms with Gasteiger partial charge in [-0.15, -0.1) is 0 Å². The Balaban J connectivity index is -0.000000148. The van der Waals surface area contributed by atoms with Crippen LogP contribution >= 0.6 is 66.4 Å². The van der Waals surface area contributed by atoms with Crippen LogP contribution in [0.25, 0.3) is 0 Å². The van der Waals surface area contributed by atoms with Gasteiger partial charge in [-0.3, -0.25) is 4.79 Å². The molecule has 8 nitrogen and oxygen atoms in total. The van der Waals surface area contributed by atoms with E-state index in [4.69, 9.17) is 58.7 Å². The molecule has 2 aliphatic heterocycles. The summed E-state index contributed by atoms with van der Waals surface area (Å²) in [5, 5.41) is 34.6. The average Bonchev–Trinajstić information content (AvgIpc) is 3.69. The molecule has 387 valence electrons. The number of rotatable bonds is 7. The van der Waals surface area contributed by atoms with Crippen molar-refractivity contribution in [3.63, 3.8) is 0 Å². The molecule has 0 amide bonds. The summed E-state index contributed by atoms with van der Waals surface area (Å²) in [6, 6.07) is -13.3. The fourth-order valence-electron chi connectivity index (χ4n) is 3.34. The van der Waals surface area contributed by atoms with E-state index in [1.54, 1.807) is 6.92 Å². The number of hydrogen-bond acceptors (Lipinski definition) is 6. The van der Waals surface area contributed by atoms with Gasteiger partial charge in [0.15, 0.2) is 17.4 Å². The number of halogens is 9. The molecule has 0 atom stereocenters. The SMILES string of the molecule is BrP(Br)Br.C.C.C1CCOC1.C1CCOC1.[2H]CC.[2H]c1c([2H])c(C(=O)O)c([2H])c([2H])c1F.[2H]c1c([2H])c(CBr)c([2H])c([2H])c1F.[2H]c1c([2H])c(CC(=O)O)c([2H])c([2H])c1F.[2H]c1c([2H])c(CCO)c([2H])c([2H])c1F.[2H]c1c([2H])c(CO)c([2H])c([2H])c1F.[AlH3].[B].[H-].[Li+]. The molecule has 70 heavy (non-hydrogen) atoms. The summed E-state index contributed by atoms with van der Waals surface area (Å²) >= 11 is 12.5. The van der Waals surface area contributed by atoms with Crippen LogP contribution in [-0.4, -0.2) is 91.2 Å². The van der Waals surface area contributed by atoms with E-state index in [1.165, 1.54) is 25.7 Å². The summed E-state index contributed by atoms with van der Waals surface area (Å²) in [7, 11) is 0. The van der Waals surface area contributed by atoms with Gasteiger partial charge in [0.25, 0.3) is 0 Å². The quantitative estimate of drug-likeness (QED) is 0.0548. The number of benzene rings is 5. The second kappa shape index (κ2) is 56.4. The Morgan fingerprint density at radius 1 is 0.614 bits per heavy atom. The first-order valence-corrected chi connectivity index (χ1v) is 26.6. The molecule has 21 heteroatoms. The Kier molecular flexibility index (Phi) is 36.6. The summed E-state index contributed by atoms with van der Waals surface area (Å²) < 4.78 is 224. The van der Waals surface area contributed by atoms with Gasteiger partial charge < -0.3 is 31.3 Å². The second-order valence-corrected chi connectivity index (χ2v) is 26.7. The van der Waals surface area contributed by atoms with Gasteiger partial charge in [0.1, 0.15) is 33.1 Å². The van der Waals surface area contributed by atoms with Crippen molar-refractivity contribution in [1.29, 1.82) is 0 Å². The Labute approximate surface area is 501 Å². The van der Waals surface area contributed by atoms with Crippen LogP contribution < -0.4 is 18.9 Å². The zero-order chi connectivity index (χ0) is 67.4. The first kappa shape index (κ1) is 45.5. The van der Waals surface area contributed by atoms with Gasteiger partial charge in [0.2, 0.25) is 0 Å². The van der Waals surface area contributed by atoms with E-state index < -0.39 is 168 Å². The molecule has 7 rings (SSSR count). The number of carboxylic acids is 2. The topological polar surface area (TPSA) is 134 Å². The van der Waals surface area contributed by atoms with Gasteiger partial charge in [0, 0.05) is 48.1 Å². The van der Waals surface area contributed by atoms with Crippen molar-refractivity contribution in [2.75, 3.05) is 33.0 Å². The van der Waals surface area contributed by atoms with E-state index in [0.29, 0.717) is 6.90 Å². The molecule has 0 unspecified atom stereocenters. The molecule has 3 radical (unpaired) electrons. The molecule has 2 fully saturated rings. The minimum absolute atomic E-state index is 0. The molecule has 0 saturated carbocycles. The maximum Gasteiger partial charge on any atom is 1.00 e. The number of carbonyl (C=O) groups is 2. The maximum absolute atomic E-state index is 13.0. The Morgan fingerprint density at radius 3 is 1.11 bits per heavy atom. The summed E-state index contributed by atoms with van der Waals surface area (Å²) in [5.74, 6) is -8.94. The van der Waals surface area contributed by atoms with Crippen LogP contribution in [0.15, 0.2) is 121 Å². The Hall–Kier alpha value is -1.93. The Morgan fingerprint density at radius 2 is 0.886 bits per heavy atom. The van der Waals surface area contributed by atoms with Crippen molar-refractivity contribution in [1.82, 2.24) is 0 Å². The van der Waals surface area contributed by atoms with Crippen LogP contribution in [0.4, 0.5) is 22.0 Å². The average molecular weight is 1300 g/mol. The molecule has 5 aromatic carbocycles. The van der Waals surface area contributed by atoms with Crippen LogP contribution in [0.1, 0.15) is 117 Å². The Bertz CT molecular complexity index is 2860. The van der Waals surface area contributed by atoms with Crippen molar-refractivity contribution in [2.45, 2.75) is 79.1 Å². The van der Waals surface area contributed by atoms with Crippen molar-refractivity contribution < 1.29 is 111 Å². The van der Waals surface area contributed by atoms with E-state index in [9.17, 15) is 31.5 Å². The van der Waals surface area contributed by atoms with Crippen molar-refractivity contribution in [2.24, 2.45) is 0 Å². The molecule has 4 N–H and O–H groups in total. The molecule has 5 aromatic rings. The second-order valence-electron chi connectivity index (χ2n) is 10.8. The van der Waals surface area contributed by atoms with Gasteiger partial charge in [-0.05, 0) is 173 Å². The monoisotopic (exact) mass is 1290 g/mol. The zero-order valence-corrected chi connectivity index (χ0v) is 43.0. The number of carboxylic acid groups (broad SMARTS) is 2. The van der Waals surface area contributed by atoms with Crippen LogP contribution in [-0.2, 0) is 39.0 Å². The third-order valence-corrected chi connectivity index (χ3v) is 6.59. The van der Waals surface area contributed by atoms with Crippen molar-refractivity contribution in [3.8, 4) is 0 Å². The van der Waals surface area contributed by atoms with E-state index in [-0.39, 0.29) is 118 Å². The van der Waals surface area contributed by atoms with Gasteiger partial charge in [-0.2, -0.15) is 0 Å². The van der Waals surface area contributed by atoms with Crippen LogP contribution in [0.5, 0.6) is 0 Å². The number of aliphatic carboxylic acids is 1. The predicted octanol–water partition coefficient (Wildman–Crippen LogP) is 11.2. The van der Waals surface area contributed by atoms with Crippen LogP contribution in [0.3, 0.4) is 0 Å². The van der Waals surface area contributed by atoms with E-state index in [2.05, 4.69) is 62.4 Å². The molecular weight excluding hydrogens is 1210 g/mol. The number of aromatic carboxylic acids is 1. The minimum Gasteiger partial charge on any atom is -1.00 e. The third kappa shape index (κ3) is 52.4. The van der Waals surface area contributed by atoms with Gasteiger partial charge >= 0.3 is 30.8 Å². The molecule has 0 bridgehead atoms. The first-order chi connectivity index (χ1) is 39.9. The summed E-state index contributed by atoms with van der Waals surface area (Å²) in [6.07, 6.45) is 4.45. The number of aliphatic hydroxyl groups excluding tert-OH is 2. The van der Waals surface area contributed by atoms with Crippen molar-refractivity contribution >= 4 is 104 Å². The first-order valence-electron chi connectivity index (χ1n) is 28.8. The molecule has 0 spiro atoms. The van der Waals surface area contributed by atoms with Crippen LogP contribution in [0, 0.1) is 29.1 Å². The number of alkyl halides is 1. The largest absolute Gasteiger partial charge is 1.00 e. The molecular formula is C49H68AlBBr4F5LiO8P. The predicted molar refractivity (Wildman–Crippen MR) is 295 cm³/mol. The number of aliphatic hydroxyl groups is 2. The molecule has 0 aromatic heterocycles. The standard InChI is InChI=1S/C8H7FO2.C8H9FO.C7H6BrF.C7H5FO2.C7H7FO.2C4H8O.C2H6.2CH4.Al.B.Br3P.Li.4H/c9-7-3-1-6(2-4-7)5-8(10)11;9-8-3-1-7(2-4-8)5-6-10;8-5-6-1-3-7(9)4-2-6;8-6-3-1-5(2-4-6)7(9)10;8-7-3-1-6(5-9)2-4-7;2*1-2-4-5-3-1;1-2;;;;;1-4(2)3;;;;;/h1-4H,5H2,(H,10,11);1-4,10H,5-6H2;1-4H,5H2;1-4H,(H,9,10);1-4,9H,5H2;2*1-4H2;1-2H3;2*1H4;;;;;;;;/q;;;;;;;;;;;;;+1;;;;-1/i5*1D,2D,3D,4D;;;1D;;;;;;;;;;.